The SMILES string of the molecule is Cc1c(C)n(Cc2ccco2)c2ncnc(NCCc3ccccc3)c12. The average molecular weight is 346 g/mol. The Balaban J connectivity index is 1.61. The highest BCUT2D eigenvalue weighted by atomic mass is 16.3. The van der Waals surface area contributed by atoms with Crippen molar-refractivity contribution in [3.05, 3.63) is 77.6 Å². The second-order valence-electron chi connectivity index (χ2n) is 6.46. The van der Waals surface area contributed by atoms with Crippen molar-refractivity contribution in [2.75, 3.05) is 11.9 Å². The number of furan rings is 1. The largest absolute Gasteiger partial charge is 0.467 e. The Kier molecular flexibility index (Phi) is 4.44. The summed E-state index contributed by atoms with van der Waals surface area (Å²) in [7, 11) is 0. The third kappa shape index (κ3) is 3.08. The normalized spacial score (nSPS) is 11.2. The first-order valence-corrected chi connectivity index (χ1v) is 8.84. The van der Waals surface area contributed by atoms with Crippen molar-refractivity contribution < 1.29 is 4.42 Å². The van der Waals surface area contributed by atoms with Crippen LogP contribution >= 0.6 is 0 Å². The predicted molar refractivity (Wildman–Crippen MR) is 103 cm³/mol. The van der Waals surface area contributed by atoms with Crippen molar-refractivity contribution in [1.82, 2.24) is 14.5 Å². The molecule has 0 atom stereocenters. The van der Waals surface area contributed by atoms with Gasteiger partial charge in [0.05, 0.1) is 18.2 Å². The zero-order valence-electron chi connectivity index (χ0n) is 15.1. The van der Waals surface area contributed by atoms with Crippen LogP contribution in [-0.2, 0) is 13.0 Å². The topological polar surface area (TPSA) is 55.9 Å². The third-order valence-electron chi connectivity index (χ3n) is 4.85. The van der Waals surface area contributed by atoms with Gasteiger partial charge in [0, 0.05) is 12.2 Å². The number of benzene rings is 1. The van der Waals surface area contributed by atoms with Crippen LogP contribution in [-0.4, -0.2) is 21.1 Å². The summed E-state index contributed by atoms with van der Waals surface area (Å²) in [5.41, 5.74) is 4.64. The molecule has 1 aromatic carbocycles. The van der Waals surface area contributed by atoms with E-state index in [9.17, 15) is 0 Å². The maximum absolute atomic E-state index is 5.51. The molecule has 132 valence electrons. The van der Waals surface area contributed by atoms with Gasteiger partial charge < -0.3 is 14.3 Å². The molecule has 0 saturated heterocycles. The van der Waals surface area contributed by atoms with Crippen molar-refractivity contribution in [3.63, 3.8) is 0 Å². The van der Waals surface area contributed by atoms with Crippen LogP contribution in [0.4, 0.5) is 5.82 Å². The van der Waals surface area contributed by atoms with E-state index in [1.165, 1.54) is 16.8 Å². The fourth-order valence-corrected chi connectivity index (χ4v) is 3.32. The van der Waals surface area contributed by atoms with Gasteiger partial charge in [0.15, 0.2) is 0 Å². The van der Waals surface area contributed by atoms with Gasteiger partial charge in [0.2, 0.25) is 0 Å². The van der Waals surface area contributed by atoms with Crippen LogP contribution in [0.1, 0.15) is 22.6 Å². The van der Waals surface area contributed by atoms with Gasteiger partial charge in [-0.1, -0.05) is 30.3 Å². The van der Waals surface area contributed by atoms with Crippen molar-refractivity contribution in [2.24, 2.45) is 0 Å². The molecule has 4 aromatic rings. The van der Waals surface area contributed by atoms with Crippen molar-refractivity contribution in [2.45, 2.75) is 26.8 Å². The predicted octanol–water partition coefficient (Wildman–Crippen LogP) is 4.34. The van der Waals surface area contributed by atoms with Crippen LogP contribution in [0.3, 0.4) is 0 Å². The quantitative estimate of drug-likeness (QED) is 0.564. The van der Waals surface area contributed by atoms with Gasteiger partial charge in [0.1, 0.15) is 23.6 Å². The molecule has 0 saturated carbocycles. The van der Waals surface area contributed by atoms with Gasteiger partial charge in [-0.25, -0.2) is 9.97 Å². The van der Waals surface area contributed by atoms with Crippen LogP contribution < -0.4 is 5.32 Å². The minimum Gasteiger partial charge on any atom is -0.467 e. The van der Waals surface area contributed by atoms with Gasteiger partial charge in [-0.2, -0.15) is 0 Å². The fourth-order valence-electron chi connectivity index (χ4n) is 3.32. The van der Waals surface area contributed by atoms with Crippen LogP contribution in [0.15, 0.2) is 59.5 Å². The minimum absolute atomic E-state index is 0.670. The van der Waals surface area contributed by atoms with E-state index >= 15 is 0 Å². The summed E-state index contributed by atoms with van der Waals surface area (Å²) < 4.78 is 7.70. The standard InChI is InChI=1S/C21H22N4O/c1-15-16(2)25(13-18-9-6-12-26-18)21-19(15)20(23-14-24-21)22-11-10-17-7-4-3-5-8-17/h3-9,12,14H,10-11,13H2,1-2H3,(H,22,23,24). The Morgan fingerprint density at radius 1 is 1.04 bits per heavy atom. The molecule has 26 heavy (non-hydrogen) atoms. The van der Waals surface area contributed by atoms with E-state index < -0.39 is 0 Å². The summed E-state index contributed by atoms with van der Waals surface area (Å²) in [6, 6.07) is 14.4. The molecule has 0 unspecified atom stereocenters. The monoisotopic (exact) mass is 346 g/mol. The lowest BCUT2D eigenvalue weighted by Crippen LogP contribution is -2.07. The van der Waals surface area contributed by atoms with Gasteiger partial charge >= 0.3 is 0 Å². The molecule has 0 aliphatic heterocycles. The van der Waals surface area contributed by atoms with Crippen LogP contribution in [0.25, 0.3) is 11.0 Å². The molecular weight excluding hydrogens is 324 g/mol. The summed E-state index contributed by atoms with van der Waals surface area (Å²) in [5.74, 6) is 1.81. The minimum atomic E-state index is 0.670. The average Bonchev–Trinajstić information content (AvgIpc) is 3.26. The Hall–Kier alpha value is -3.08. The molecule has 0 radical (unpaired) electrons. The Morgan fingerprint density at radius 2 is 1.88 bits per heavy atom. The first-order chi connectivity index (χ1) is 12.7. The van der Waals surface area contributed by atoms with E-state index in [1.807, 2.05) is 18.2 Å². The van der Waals surface area contributed by atoms with Crippen LogP contribution in [0.2, 0.25) is 0 Å². The van der Waals surface area contributed by atoms with E-state index in [0.717, 1.165) is 35.6 Å². The van der Waals surface area contributed by atoms with Crippen LogP contribution in [0.5, 0.6) is 0 Å². The molecule has 1 N–H and O–H groups in total. The zero-order chi connectivity index (χ0) is 17.9. The van der Waals surface area contributed by atoms with E-state index in [-0.39, 0.29) is 0 Å². The molecule has 0 amide bonds. The molecule has 0 spiro atoms. The van der Waals surface area contributed by atoms with Gasteiger partial charge in [-0.15, -0.1) is 0 Å². The third-order valence-corrected chi connectivity index (χ3v) is 4.85. The number of hydrogen-bond donors (Lipinski definition) is 1. The molecule has 0 fully saturated rings. The highest BCUT2D eigenvalue weighted by Crippen LogP contribution is 2.29. The molecule has 0 bridgehead atoms. The number of aryl methyl sites for hydroxylation is 1. The molecule has 3 aromatic heterocycles. The van der Waals surface area contributed by atoms with Crippen molar-refractivity contribution in [3.8, 4) is 0 Å². The molecule has 3 heterocycles. The Bertz CT molecular complexity index is 1000. The number of aromatic nitrogens is 3. The maximum atomic E-state index is 5.51. The van der Waals surface area contributed by atoms with Crippen molar-refractivity contribution in [1.29, 1.82) is 0 Å². The van der Waals surface area contributed by atoms with Crippen LogP contribution in [0, 0.1) is 13.8 Å². The number of rotatable bonds is 6. The van der Waals surface area contributed by atoms with Gasteiger partial charge in [0.25, 0.3) is 0 Å². The highest BCUT2D eigenvalue weighted by molar-refractivity contribution is 5.91. The van der Waals surface area contributed by atoms with Crippen molar-refractivity contribution >= 4 is 16.9 Å². The van der Waals surface area contributed by atoms with E-state index in [2.05, 4.69) is 58.0 Å². The van der Waals surface area contributed by atoms with Gasteiger partial charge in [-0.05, 0) is 43.5 Å². The molecule has 5 nitrogen and oxygen atoms in total. The Labute approximate surface area is 152 Å². The lowest BCUT2D eigenvalue weighted by atomic mass is 10.1. The zero-order valence-corrected chi connectivity index (χ0v) is 15.1. The maximum Gasteiger partial charge on any atom is 0.146 e. The molecule has 5 heteroatoms. The number of fused-ring (bicyclic) bond motifs is 1. The van der Waals surface area contributed by atoms with Gasteiger partial charge in [-0.3, -0.25) is 0 Å². The molecule has 0 aliphatic carbocycles. The number of nitrogens with one attached hydrogen (secondary N) is 1. The Morgan fingerprint density at radius 3 is 2.65 bits per heavy atom. The fraction of sp³-hybridized carbons (Fsp3) is 0.238. The molecular formula is C21H22N4O. The molecule has 0 aliphatic rings. The van der Waals surface area contributed by atoms with E-state index in [1.54, 1.807) is 12.6 Å². The smallest absolute Gasteiger partial charge is 0.146 e. The summed E-state index contributed by atoms with van der Waals surface area (Å²) in [5, 5.41) is 4.58. The van der Waals surface area contributed by atoms with E-state index in [0.29, 0.717) is 6.54 Å². The second kappa shape index (κ2) is 7.04. The van der Waals surface area contributed by atoms with E-state index in [4.69, 9.17) is 4.42 Å². The molecule has 4 rings (SSSR count). The lowest BCUT2D eigenvalue weighted by Gasteiger charge is -2.08. The highest BCUT2D eigenvalue weighted by Gasteiger charge is 2.17. The summed E-state index contributed by atoms with van der Waals surface area (Å²) >= 11 is 0. The lowest BCUT2D eigenvalue weighted by molar-refractivity contribution is 0.494. The first kappa shape index (κ1) is 16.4. The number of nitrogens with zero attached hydrogens (tertiary/aromatic N) is 3. The summed E-state index contributed by atoms with van der Waals surface area (Å²) in [4.78, 5) is 9.03. The second-order valence-corrected chi connectivity index (χ2v) is 6.46. The summed E-state index contributed by atoms with van der Waals surface area (Å²) in [6.07, 6.45) is 4.29. The summed E-state index contributed by atoms with van der Waals surface area (Å²) in [6.45, 7) is 5.75. The number of anilines is 1. The first-order valence-electron chi connectivity index (χ1n) is 8.84. The number of hydrogen-bond acceptors (Lipinski definition) is 4.